The van der Waals surface area contributed by atoms with Gasteiger partial charge in [0.05, 0.1) is 12.2 Å². The van der Waals surface area contributed by atoms with Gasteiger partial charge >= 0.3 is 0 Å². The summed E-state index contributed by atoms with van der Waals surface area (Å²) in [6.45, 7) is 9.19. The lowest BCUT2D eigenvalue weighted by Gasteiger charge is -2.39. The molecule has 1 aliphatic heterocycles. The normalized spacial score (nSPS) is 29.9. The zero-order chi connectivity index (χ0) is 13.9. The fraction of sp³-hybridized carbons (Fsp3) is 0.938. The first-order valence-electron chi connectivity index (χ1n) is 7.88. The highest BCUT2D eigenvalue weighted by atomic mass is 16.5. The third kappa shape index (κ3) is 4.28. The fourth-order valence-electron chi connectivity index (χ4n) is 3.47. The molecule has 3 nitrogen and oxygen atoms in total. The minimum absolute atomic E-state index is 0.0611. The molecule has 3 heteroatoms. The summed E-state index contributed by atoms with van der Waals surface area (Å²) in [7, 11) is 0. The summed E-state index contributed by atoms with van der Waals surface area (Å²) in [6, 6.07) is 0.493. The van der Waals surface area contributed by atoms with E-state index in [1.807, 2.05) is 0 Å². The summed E-state index contributed by atoms with van der Waals surface area (Å²) in [5, 5.41) is 0. The number of hydrogen-bond donors (Lipinski definition) is 0. The number of piperidine rings is 1. The first-order chi connectivity index (χ1) is 8.97. The average molecular weight is 267 g/mol. The van der Waals surface area contributed by atoms with E-state index >= 15 is 0 Å². The topological polar surface area (TPSA) is 29.5 Å². The van der Waals surface area contributed by atoms with Crippen LogP contribution in [0.4, 0.5) is 0 Å². The maximum Gasteiger partial charge on any atom is 0.137 e. The van der Waals surface area contributed by atoms with Gasteiger partial charge in [0.15, 0.2) is 0 Å². The van der Waals surface area contributed by atoms with Crippen LogP contribution in [0, 0.1) is 5.92 Å². The molecule has 1 saturated carbocycles. The SMILES string of the molecule is CC(C)(C)OCCN1CCCCC1C1CCCC1=O. The third-order valence-electron chi connectivity index (χ3n) is 4.39. The van der Waals surface area contributed by atoms with Crippen LogP contribution in [0.3, 0.4) is 0 Å². The van der Waals surface area contributed by atoms with Gasteiger partial charge in [0.25, 0.3) is 0 Å². The van der Waals surface area contributed by atoms with Crippen LogP contribution in [0.2, 0.25) is 0 Å². The molecule has 0 N–H and O–H groups in total. The van der Waals surface area contributed by atoms with Crippen LogP contribution in [0.25, 0.3) is 0 Å². The second-order valence-corrected chi connectivity index (χ2v) is 7.02. The molecule has 0 spiro atoms. The number of ketones is 1. The van der Waals surface area contributed by atoms with Crippen LogP contribution in [-0.4, -0.2) is 42.0 Å². The summed E-state index contributed by atoms with van der Waals surface area (Å²) >= 11 is 0. The van der Waals surface area contributed by atoms with Crippen molar-refractivity contribution in [3.05, 3.63) is 0 Å². The Bertz CT molecular complexity index is 308. The predicted octanol–water partition coefficient (Wildman–Crippen LogP) is 3.03. The molecule has 2 aliphatic rings. The van der Waals surface area contributed by atoms with Gasteiger partial charge in [-0.05, 0) is 53.0 Å². The Labute approximate surface area is 117 Å². The molecule has 0 radical (unpaired) electrons. The van der Waals surface area contributed by atoms with Crippen molar-refractivity contribution in [2.45, 2.75) is 70.9 Å². The van der Waals surface area contributed by atoms with Crippen LogP contribution < -0.4 is 0 Å². The summed E-state index contributed by atoms with van der Waals surface area (Å²) in [4.78, 5) is 14.5. The molecular weight excluding hydrogens is 238 g/mol. The molecule has 2 fully saturated rings. The molecule has 0 aromatic carbocycles. The molecule has 110 valence electrons. The zero-order valence-corrected chi connectivity index (χ0v) is 12.8. The van der Waals surface area contributed by atoms with E-state index in [-0.39, 0.29) is 5.60 Å². The highest BCUT2D eigenvalue weighted by Crippen LogP contribution is 2.32. The number of rotatable bonds is 4. The van der Waals surface area contributed by atoms with E-state index in [4.69, 9.17) is 4.74 Å². The third-order valence-corrected chi connectivity index (χ3v) is 4.39. The molecular formula is C16H29NO2. The zero-order valence-electron chi connectivity index (χ0n) is 12.8. The van der Waals surface area contributed by atoms with E-state index in [1.54, 1.807) is 0 Å². The quantitative estimate of drug-likeness (QED) is 0.784. The lowest BCUT2D eigenvalue weighted by molar-refractivity contribution is -0.123. The standard InChI is InChI=1S/C16H29NO2/c1-16(2,3)19-12-11-17-10-5-4-8-14(17)13-7-6-9-15(13)18/h13-14H,4-12H2,1-3H3. The average Bonchev–Trinajstić information content (AvgIpc) is 2.74. The Morgan fingerprint density at radius 2 is 2.00 bits per heavy atom. The van der Waals surface area contributed by atoms with Crippen LogP contribution in [0.1, 0.15) is 59.3 Å². The van der Waals surface area contributed by atoms with Crippen molar-refractivity contribution in [1.82, 2.24) is 4.90 Å². The summed E-state index contributed by atoms with van der Waals surface area (Å²) < 4.78 is 5.84. The molecule has 19 heavy (non-hydrogen) atoms. The van der Waals surface area contributed by atoms with E-state index in [0.29, 0.717) is 17.7 Å². The summed E-state index contributed by atoms with van der Waals surface area (Å²) in [5.41, 5.74) is -0.0611. The Kier molecular flexibility index (Phi) is 5.02. The predicted molar refractivity (Wildman–Crippen MR) is 77.3 cm³/mol. The van der Waals surface area contributed by atoms with E-state index in [0.717, 1.165) is 39.0 Å². The largest absolute Gasteiger partial charge is 0.375 e. The number of carbonyl (C=O) groups excluding carboxylic acids is 1. The molecule has 0 bridgehead atoms. The van der Waals surface area contributed by atoms with Crippen molar-refractivity contribution in [2.75, 3.05) is 19.7 Å². The van der Waals surface area contributed by atoms with Gasteiger partial charge < -0.3 is 4.74 Å². The van der Waals surface area contributed by atoms with E-state index < -0.39 is 0 Å². The van der Waals surface area contributed by atoms with E-state index in [9.17, 15) is 4.79 Å². The second kappa shape index (κ2) is 6.36. The Morgan fingerprint density at radius 1 is 1.21 bits per heavy atom. The highest BCUT2D eigenvalue weighted by Gasteiger charge is 2.36. The number of nitrogens with zero attached hydrogens (tertiary/aromatic N) is 1. The van der Waals surface area contributed by atoms with Gasteiger partial charge in [0.2, 0.25) is 0 Å². The Morgan fingerprint density at radius 3 is 2.63 bits per heavy atom. The van der Waals surface area contributed by atoms with E-state index in [2.05, 4.69) is 25.7 Å². The lowest BCUT2D eigenvalue weighted by Crippen LogP contribution is -2.47. The van der Waals surface area contributed by atoms with E-state index in [1.165, 1.54) is 19.3 Å². The van der Waals surface area contributed by atoms with Crippen molar-refractivity contribution in [2.24, 2.45) is 5.92 Å². The highest BCUT2D eigenvalue weighted by molar-refractivity contribution is 5.83. The summed E-state index contributed by atoms with van der Waals surface area (Å²) in [6.07, 6.45) is 6.78. The number of Topliss-reactive ketones (excluding diaryl/α,β-unsaturated/α-hetero) is 1. The number of likely N-dealkylation sites (tertiary alicyclic amines) is 1. The van der Waals surface area contributed by atoms with Crippen LogP contribution in [-0.2, 0) is 9.53 Å². The van der Waals surface area contributed by atoms with Crippen LogP contribution >= 0.6 is 0 Å². The maximum absolute atomic E-state index is 12.0. The fourth-order valence-corrected chi connectivity index (χ4v) is 3.47. The van der Waals surface area contributed by atoms with Gasteiger partial charge in [0.1, 0.15) is 5.78 Å². The first kappa shape index (κ1) is 15.0. The first-order valence-corrected chi connectivity index (χ1v) is 7.88. The Hall–Kier alpha value is -0.410. The molecule has 1 heterocycles. The van der Waals surface area contributed by atoms with Gasteiger partial charge in [-0.2, -0.15) is 0 Å². The van der Waals surface area contributed by atoms with Gasteiger partial charge in [-0.25, -0.2) is 0 Å². The van der Waals surface area contributed by atoms with Crippen molar-refractivity contribution in [1.29, 1.82) is 0 Å². The van der Waals surface area contributed by atoms with Crippen molar-refractivity contribution >= 4 is 5.78 Å². The maximum atomic E-state index is 12.0. The van der Waals surface area contributed by atoms with Crippen molar-refractivity contribution in [3.63, 3.8) is 0 Å². The van der Waals surface area contributed by atoms with Gasteiger partial charge in [-0.1, -0.05) is 6.42 Å². The molecule has 1 saturated heterocycles. The number of hydrogen-bond acceptors (Lipinski definition) is 3. The second-order valence-electron chi connectivity index (χ2n) is 7.02. The van der Waals surface area contributed by atoms with Crippen LogP contribution in [0.5, 0.6) is 0 Å². The molecule has 2 rings (SSSR count). The molecule has 2 atom stereocenters. The summed E-state index contributed by atoms with van der Waals surface area (Å²) in [5.74, 6) is 0.823. The monoisotopic (exact) mass is 267 g/mol. The molecule has 2 unspecified atom stereocenters. The molecule has 1 aliphatic carbocycles. The van der Waals surface area contributed by atoms with Crippen LogP contribution in [0.15, 0.2) is 0 Å². The molecule has 0 aromatic rings. The van der Waals surface area contributed by atoms with Gasteiger partial charge in [-0.3, -0.25) is 9.69 Å². The van der Waals surface area contributed by atoms with Gasteiger partial charge in [0, 0.05) is 24.9 Å². The van der Waals surface area contributed by atoms with Gasteiger partial charge in [-0.15, -0.1) is 0 Å². The Balaban J connectivity index is 1.87. The molecule has 0 amide bonds. The van der Waals surface area contributed by atoms with Crippen molar-refractivity contribution in [3.8, 4) is 0 Å². The number of carbonyl (C=O) groups is 1. The number of ether oxygens (including phenoxy) is 1. The lowest BCUT2D eigenvalue weighted by atomic mass is 9.88. The van der Waals surface area contributed by atoms with Crippen molar-refractivity contribution < 1.29 is 9.53 Å². The molecule has 0 aromatic heterocycles. The minimum atomic E-state index is -0.0611. The smallest absolute Gasteiger partial charge is 0.137 e. The minimum Gasteiger partial charge on any atom is -0.375 e.